The molecule has 0 heterocycles. The van der Waals surface area contributed by atoms with E-state index in [4.69, 9.17) is 0 Å². The summed E-state index contributed by atoms with van der Waals surface area (Å²) in [5, 5.41) is 0. The average molecular weight is 174 g/mol. The molecular weight excluding hydrogens is 160 g/mol. The lowest BCUT2D eigenvalue weighted by Crippen LogP contribution is -2.13. The fourth-order valence-corrected chi connectivity index (χ4v) is 1.19. The monoisotopic (exact) mass is 174 g/mol. The van der Waals surface area contributed by atoms with E-state index in [1.54, 1.807) is 19.6 Å². The maximum absolute atomic E-state index is 3.95. The highest BCUT2D eigenvalue weighted by molar-refractivity contribution is 5.82. The Kier molecular flexibility index (Phi) is 3.26. The lowest BCUT2D eigenvalue weighted by molar-refractivity contribution is 1.30. The lowest BCUT2D eigenvalue weighted by Gasteiger charge is -2.15. The van der Waals surface area contributed by atoms with Crippen molar-refractivity contribution in [1.82, 2.24) is 0 Å². The lowest BCUT2D eigenvalue weighted by atomic mass is 10.2. The van der Waals surface area contributed by atoms with E-state index >= 15 is 0 Å². The maximum atomic E-state index is 3.95. The van der Waals surface area contributed by atoms with Crippen LogP contribution in [-0.4, -0.2) is 13.4 Å². The molecule has 0 saturated heterocycles. The molecular formula is C11H14N2. The first-order valence-electron chi connectivity index (χ1n) is 4.18. The van der Waals surface area contributed by atoms with Crippen LogP contribution in [0.25, 0.3) is 0 Å². The first kappa shape index (κ1) is 9.52. The van der Waals surface area contributed by atoms with Gasteiger partial charge in [-0.05, 0) is 18.6 Å². The van der Waals surface area contributed by atoms with Gasteiger partial charge in [-0.2, -0.15) is 0 Å². The second-order valence-electron chi connectivity index (χ2n) is 2.75. The third-order valence-electron chi connectivity index (χ3n) is 1.83. The first-order chi connectivity index (χ1) is 6.29. The zero-order valence-corrected chi connectivity index (χ0v) is 8.07. The summed E-state index contributed by atoms with van der Waals surface area (Å²) in [6.07, 6.45) is 3.49. The summed E-state index contributed by atoms with van der Waals surface area (Å²) in [4.78, 5) is 5.85. The molecule has 0 fully saturated rings. The molecule has 2 heteroatoms. The molecule has 0 aliphatic heterocycles. The van der Waals surface area contributed by atoms with Gasteiger partial charge in [0.05, 0.1) is 6.34 Å². The predicted molar refractivity (Wildman–Crippen MR) is 58.3 cm³/mol. The van der Waals surface area contributed by atoms with Crippen molar-refractivity contribution in [3.63, 3.8) is 0 Å². The van der Waals surface area contributed by atoms with E-state index in [2.05, 4.69) is 24.6 Å². The largest absolute Gasteiger partial charge is 0.309 e. The van der Waals surface area contributed by atoms with Gasteiger partial charge in [0.2, 0.25) is 0 Å². The minimum Gasteiger partial charge on any atom is -0.309 e. The fraction of sp³-hybridized carbons (Fsp3) is 0.182. The number of rotatable bonds is 3. The van der Waals surface area contributed by atoms with Crippen molar-refractivity contribution in [2.45, 2.75) is 6.92 Å². The quantitative estimate of drug-likeness (QED) is 0.508. The molecule has 1 rings (SSSR count). The third-order valence-corrected chi connectivity index (χ3v) is 1.83. The molecule has 0 radical (unpaired) electrons. The van der Waals surface area contributed by atoms with Gasteiger partial charge < -0.3 is 4.90 Å². The SMILES string of the molecule is C=CN(C=NC)c1ccccc1C. The second-order valence-corrected chi connectivity index (χ2v) is 2.75. The summed E-state index contributed by atoms with van der Waals surface area (Å²) in [5.74, 6) is 0. The smallest absolute Gasteiger partial charge is 0.0931 e. The van der Waals surface area contributed by atoms with Crippen LogP contribution in [0.1, 0.15) is 5.56 Å². The molecule has 0 aliphatic rings. The number of anilines is 1. The minimum absolute atomic E-state index is 1.11. The van der Waals surface area contributed by atoms with Crippen LogP contribution < -0.4 is 4.90 Å². The molecule has 0 bridgehead atoms. The third kappa shape index (κ3) is 2.18. The molecule has 0 unspecified atom stereocenters. The molecule has 0 amide bonds. The van der Waals surface area contributed by atoms with Gasteiger partial charge in [0, 0.05) is 18.9 Å². The number of hydrogen-bond donors (Lipinski definition) is 0. The molecule has 0 N–H and O–H groups in total. The van der Waals surface area contributed by atoms with E-state index in [-0.39, 0.29) is 0 Å². The second kappa shape index (κ2) is 4.45. The summed E-state index contributed by atoms with van der Waals surface area (Å²) in [6, 6.07) is 8.12. The van der Waals surface area contributed by atoms with Crippen LogP contribution in [0.5, 0.6) is 0 Å². The van der Waals surface area contributed by atoms with E-state index in [1.807, 2.05) is 23.1 Å². The Morgan fingerprint density at radius 2 is 2.08 bits per heavy atom. The Morgan fingerprint density at radius 1 is 1.38 bits per heavy atom. The van der Waals surface area contributed by atoms with Gasteiger partial charge in [-0.25, -0.2) is 0 Å². The topological polar surface area (TPSA) is 15.6 Å². The highest BCUT2D eigenvalue weighted by atomic mass is 15.1. The average Bonchev–Trinajstić information content (AvgIpc) is 2.16. The Balaban J connectivity index is 3.04. The molecule has 0 aromatic heterocycles. The molecule has 0 spiro atoms. The van der Waals surface area contributed by atoms with Crippen molar-refractivity contribution in [1.29, 1.82) is 0 Å². The number of benzene rings is 1. The normalized spacial score (nSPS) is 10.3. The van der Waals surface area contributed by atoms with E-state index < -0.39 is 0 Å². The first-order valence-corrected chi connectivity index (χ1v) is 4.18. The Morgan fingerprint density at radius 3 is 2.62 bits per heavy atom. The van der Waals surface area contributed by atoms with Crippen LogP contribution in [0.2, 0.25) is 0 Å². The minimum atomic E-state index is 1.11. The summed E-state index contributed by atoms with van der Waals surface area (Å²) in [7, 11) is 1.74. The number of nitrogens with zero attached hydrogens (tertiary/aromatic N) is 2. The number of para-hydroxylation sites is 1. The van der Waals surface area contributed by atoms with Crippen molar-refractivity contribution in [3.05, 3.63) is 42.6 Å². The van der Waals surface area contributed by atoms with E-state index in [9.17, 15) is 0 Å². The van der Waals surface area contributed by atoms with Crippen LogP contribution in [0.3, 0.4) is 0 Å². The number of aryl methyl sites for hydroxylation is 1. The summed E-state index contributed by atoms with van der Waals surface area (Å²) in [6.45, 7) is 5.80. The van der Waals surface area contributed by atoms with Gasteiger partial charge in [-0.3, -0.25) is 4.99 Å². The van der Waals surface area contributed by atoms with Gasteiger partial charge >= 0.3 is 0 Å². The number of hydrogen-bond acceptors (Lipinski definition) is 1. The van der Waals surface area contributed by atoms with Gasteiger partial charge in [-0.1, -0.05) is 24.8 Å². The zero-order chi connectivity index (χ0) is 9.68. The van der Waals surface area contributed by atoms with Crippen molar-refractivity contribution in [2.75, 3.05) is 11.9 Å². The highest BCUT2D eigenvalue weighted by Crippen LogP contribution is 2.17. The van der Waals surface area contributed by atoms with Gasteiger partial charge in [0.15, 0.2) is 0 Å². The van der Waals surface area contributed by atoms with Crippen molar-refractivity contribution < 1.29 is 0 Å². The van der Waals surface area contributed by atoms with Crippen LogP contribution in [0.4, 0.5) is 5.69 Å². The molecule has 1 aromatic rings. The standard InChI is InChI=1S/C11H14N2/c1-4-13(9-12-3)11-8-6-5-7-10(11)2/h4-9H,1H2,2-3H3. The maximum Gasteiger partial charge on any atom is 0.0931 e. The van der Waals surface area contributed by atoms with Crippen LogP contribution in [0.15, 0.2) is 42.0 Å². The zero-order valence-electron chi connectivity index (χ0n) is 8.07. The fourth-order valence-electron chi connectivity index (χ4n) is 1.19. The molecule has 1 aromatic carbocycles. The Bertz CT molecular complexity index is 316. The van der Waals surface area contributed by atoms with Gasteiger partial charge in [0.1, 0.15) is 0 Å². The van der Waals surface area contributed by atoms with Crippen LogP contribution >= 0.6 is 0 Å². The molecule has 0 aliphatic carbocycles. The summed E-state index contributed by atoms with van der Waals surface area (Å²) in [5.41, 5.74) is 2.32. The van der Waals surface area contributed by atoms with Crippen molar-refractivity contribution in [3.8, 4) is 0 Å². The molecule has 0 saturated carbocycles. The molecule has 68 valence electrons. The van der Waals surface area contributed by atoms with E-state index in [1.165, 1.54) is 5.56 Å². The number of aliphatic imine (C=N–C) groups is 1. The van der Waals surface area contributed by atoms with Gasteiger partial charge in [0.25, 0.3) is 0 Å². The summed E-state index contributed by atoms with van der Waals surface area (Å²) < 4.78 is 0. The van der Waals surface area contributed by atoms with Crippen LogP contribution in [0, 0.1) is 6.92 Å². The molecule has 13 heavy (non-hydrogen) atoms. The molecule has 0 atom stereocenters. The van der Waals surface area contributed by atoms with Crippen molar-refractivity contribution >= 4 is 12.0 Å². The Labute approximate surface area is 79.2 Å². The highest BCUT2D eigenvalue weighted by Gasteiger charge is 2.00. The Hall–Kier alpha value is -1.57. The molecule has 2 nitrogen and oxygen atoms in total. The summed E-state index contributed by atoms with van der Waals surface area (Å²) >= 11 is 0. The van der Waals surface area contributed by atoms with Crippen molar-refractivity contribution in [2.24, 2.45) is 4.99 Å². The predicted octanol–water partition coefficient (Wildman–Crippen LogP) is 2.60. The van der Waals surface area contributed by atoms with Gasteiger partial charge in [-0.15, -0.1) is 0 Å². The van der Waals surface area contributed by atoms with Crippen LogP contribution in [-0.2, 0) is 0 Å². The van der Waals surface area contributed by atoms with E-state index in [0.717, 1.165) is 5.69 Å². The van der Waals surface area contributed by atoms with E-state index in [0.29, 0.717) is 0 Å².